The Balaban J connectivity index is 1.37. The fourth-order valence-corrected chi connectivity index (χ4v) is 5.62. The molecule has 0 unspecified atom stereocenters. The number of hydrogen-bond donors (Lipinski definition) is 2. The van der Waals surface area contributed by atoms with Gasteiger partial charge in [0.15, 0.2) is 17.3 Å². The number of aryl methyl sites for hydroxylation is 1. The minimum atomic E-state index is -3.01. The Bertz CT molecular complexity index is 1330. The first-order chi connectivity index (χ1) is 21.0. The highest BCUT2D eigenvalue weighted by Gasteiger charge is 2.28. The molecule has 10 nitrogen and oxygen atoms in total. The van der Waals surface area contributed by atoms with Crippen molar-refractivity contribution in [2.75, 3.05) is 82.2 Å². The summed E-state index contributed by atoms with van der Waals surface area (Å²) in [6.45, 7) is 12.1. The van der Waals surface area contributed by atoms with Crippen LogP contribution in [0.25, 0.3) is 4.85 Å². The normalized spacial score (nSPS) is 22.6. The average molecular weight is 540 g/mol. The van der Waals surface area contributed by atoms with Crippen molar-refractivity contribution >= 4 is 28.8 Å². The summed E-state index contributed by atoms with van der Waals surface area (Å²) in [6.07, 6.45) is 0.659. The second kappa shape index (κ2) is 12.8. The van der Waals surface area contributed by atoms with Crippen molar-refractivity contribution in [3.8, 4) is 5.75 Å². The van der Waals surface area contributed by atoms with E-state index in [9.17, 15) is 0 Å². The number of ether oxygens (including phenoxy) is 2. The van der Waals surface area contributed by atoms with Crippen LogP contribution in [0.2, 0.25) is 0 Å². The highest BCUT2D eigenvalue weighted by molar-refractivity contribution is 5.74. The lowest BCUT2D eigenvalue weighted by atomic mass is 10.0. The van der Waals surface area contributed by atoms with Crippen LogP contribution in [0.15, 0.2) is 18.2 Å². The van der Waals surface area contributed by atoms with Crippen molar-refractivity contribution in [3.63, 3.8) is 0 Å². The fraction of sp³-hybridized carbons (Fsp3) is 0.621. The number of aromatic nitrogens is 2. The maximum Gasteiger partial charge on any atom is 0.312 e. The molecular weight excluding hydrogens is 492 g/mol. The lowest BCUT2D eigenvalue weighted by Gasteiger charge is -2.42. The first-order valence-corrected chi connectivity index (χ1v) is 13.8. The van der Waals surface area contributed by atoms with Gasteiger partial charge >= 0.3 is 5.82 Å². The number of methoxy groups -OCH3 is 1. The van der Waals surface area contributed by atoms with Crippen LogP contribution in [0.4, 0.5) is 28.8 Å². The topological polar surface area (TPSA) is 82.4 Å². The van der Waals surface area contributed by atoms with Gasteiger partial charge in [0, 0.05) is 89.5 Å². The van der Waals surface area contributed by atoms with E-state index in [1.54, 1.807) is 7.11 Å². The molecule has 3 fully saturated rings. The van der Waals surface area contributed by atoms with Gasteiger partial charge in [-0.25, -0.2) is 4.98 Å². The zero-order valence-electron chi connectivity index (χ0n) is 27.9. The highest BCUT2D eigenvalue weighted by Crippen LogP contribution is 2.36. The number of likely N-dealkylation sites (N-methyl/N-ethyl adjacent to an activating group) is 1. The summed E-state index contributed by atoms with van der Waals surface area (Å²) in [6, 6.07) is 6.22. The van der Waals surface area contributed by atoms with Gasteiger partial charge in [-0.3, -0.25) is 4.90 Å². The maximum atomic E-state index is 8.38. The maximum absolute atomic E-state index is 8.38. The first kappa shape index (κ1) is 21.7. The molecule has 39 heavy (non-hydrogen) atoms. The molecule has 0 radical (unpaired) electrons. The average Bonchev–Trinajstić information content (AvgIpc) is 3.01. The van der Waals surface area contributed by atoms with Gasteiger partial charge in [0.05, 0.1) is 12.8 Å². The molecule has 0 saturated carbocycles. The molecule has 2 N–H and O–H groups in total. The summed E-state index contributed by atoms with van der Waals surface area (Å²) in [7, 11) is 3.81. The summed E-state index contributed by atoms with van der Waals surface area (Å²) in [5.41, 5.74) is 1.20. The number of piperazine rings is 1. The fourth-order valence-electron chi connectivity index (χ4n) is 5.62. The Morgan fingerprint density at radius 1 is 1.10 bits per heavy atom. The van der Waals surface area contributed by atoms with Crippen LogP contribution in [0.3, 0.4) is 0 Å². The van der Waals surface area contributed by atoms with E-state index in [1.807, 2.05) is 18.2 Å². The van der Waals surface area contributed by atoms with Crippen molar-refractivity contribution in [2.24, 2.45) is 0 Å². The molecule has 3 aliphatic heterocycles. The summed E-state index contributed by atoms with van der Waals surface area (Å²) >= 11 is 0. The van der Waals surface area contributed by atoms with E-state index in [1.165, 1.54) is 0 Å². The number of hydrogen-bond acceptors (Lipinski definition) is 9. The summed E-state index contributed by atoms with van der Waals surface area (Å²) in [5.74, 6) is 0.558. The molecule has 10 heteroatoms. The lowest BCUT2D eigenvalue weighted by molar-refractivity contribution is 0.0903. The minimum Gasteiger partial charge on any atom is -0.495 e. The lowest BCUT2D eigenvalue weighted by Crippen LogP contribution is -2.52. The smallest absolute Gasteiger partial charge is 0.312 e. The third-order valence-electron chi connectivity index (χ3n) is 7.97. The Morgan fingerprint density at radius 3 is 2.56 bits per heavy atom. The predicted octanol–water partition coefficient (Wildman–Crippen LogP) is 4.15. The minimum absolute atomic E-state index is 0.000249. The van der Waals surface area contributed by atoms with Gasteiger partial charge in [0.25, 0.3) is 0 Å². The van der Waals surface area contributed by atoms with E-state index in [2.05, 4.69) is 47.2 Å². The van der Waals surface area contributed by atoms with Crippen LogP contribution >= 0.6 is 0 Å². The molecular formula is C29H42N8O2. The second-order valence-electron chi connectivity index (χ2n) is 10.4. The number of anilines is 4. The number of nitrogens with zero attached hydrogens (tertiary/aromatic N) is 6. The van der Waals surface area contributed by atoms with Crippen LogP contribution in [-0.2, 0) is 11.1 Å². The third kappa shape index (κ3) is 6.55. The number of benzene rings is 1. The monoisotopic (exact) mass is 539 g/mol. The molecule has 1 aromatic carbocycles. The highest BCUT2D eigenvalue weighted by atomic mass is 16.5. The van der Waals surface area contributed by atoms with Crippen LogP contribution in [-0.4, -0.2) is 98.5 Å². The zero-order chi connectivity index (χ0) is 31.5. The summed E-state index contributed by atoms with van der Waals surface area (Å²) in [4.78, 5) is 19.6. The quantitative estimate of drug-likeness (QED) is 0.481. The second-order valence-corrected chi connectivity index (χ2v) is 10.4. The van der Waals surface area contributed by atoms with Crippen molar-refractivity contribution in [1.82, 2.24) is 19.8 Å². The molecule has 3 aliphatic rings. The van der Waals surface area contributed by atoms with Crippen molar-refractivity contribution in [3.05, 3.63) is 35.3 Å². The van der Waals surface area contributed by atoms with E-state index in [-0.39, 0.29) is 23.5 Å². The summed E-state index contributed by atoms with van der Waals surface area (Å²) < 4.78 is 51.4. The van der Waals surface area contributed by atoms with Crippen molar-refractivity contribution in [2.45, 2.75) is 51.0 Å². The van der Waals surface area contributed by atoms with Crippen molar-refractivity contribution < 1.29 is 16.3 Å². The molecule has 210 valence electrons. The van der Waals surface area contributed by atoms with Gasteiger partial charge in [0.1, 0.15) is 5.75 Å². The summed E-state index contributed by atoms with van der Waals surface area (Å²) in [5, 5.41) is 6.34. The Labute approximate surface area is 239 Å². The van der Waals surface area contributed by atoms with Gasteiger partial charge in [-0.2, -0.15) is 0 Å². The van der Waals surface area contributed by atoms with Crippen LogP contribution in [0.5, 0.6) is 5.75 Å². The molecule has 2 aromatic rings. The Kier molecular flexibility index (Phi) is 7.12. The van der Waals surface area contributed by atoms with Gasteiger partial charge in [-0.05, 0) is 44.9 Å². The molecule has 0 atom stereocenters. The SMILES string of the molecule is [2H]C([2H])([2H])C([2H])([2H])c1nc([N+]#[C-])c(Nc2ccc(N3CCC(N4CCN(C)CC4)CC3)c(OC)c2)nc1NC1CCOCC1. The predicted molar refractivity (Wildman–Crippen MR) is 156 cm³/mol. The number of rotatable bonds is 8. The van der Waals surface area contributed by atoms with E-state index in [4.69, 9.17) is 22.9 Å². The molecule has 4 heterocycles. The zero-order valence-corrected chi connectivity index (χ0v) is 22.9. The molecule has 0 amide bonds. The van der Waals surface area contributed by atoms with Gasteiger partial charge < -0.3 is 34.8 Å². The van der Waals surface area contributed by atoms with Gasteiger partial charge in [-0.1, -0.05) is 13.4 Å². The van der Waals surface area contributed by atoms with E-state index in [0.717, 1.165) is 57.8 Å². The Morgan fingerprint density at radius 2 is 1.87 bits per heavy atom. The number of nitrogens with one attached hydrogen (secondary N) is 2. The van der Waals surface area contributed by atoms with E-state index in [0.29, 0.717) is 43.5 Å². The Hall–Kier alpha value is -3.13. The number of piperidine rings is 1. The molecule has 0 bridgehead atoms. The van der Waals surface area contributed by atoms with Crippen LogP contribution in [0.1, 0.15) is 45.1 Å². The third-order valence-corrected chi connectivity index (χ3v) is 7.97. The van der Waals surface area contributed by atoms with E-state index >= 15 is 0 Å². The molecule has 0 aliphatic carbocycles. The van der Waals surface area contributed by atoms with Gasteiger partial charge in [0.2, 0.25) is 0 Å². The largest absolute Gasteiger partial charge is 0.495 e. The molecule has 0 spiro atoms. The van der Waals surface area contributed by atoms with Crippen LogP contribution < -0.4 is 20.3 Å². The molecule has 5 rings (SSSR count). The molecule has 3 saturated heterocycles. The van der Waals surface area contributed by atoms with Crippen LogP contribution in [0, 0.1) is 6.57 Å². The van der Waals surface area contributed by atoms with Crippen molar-refractivity contribution in [1.29, 1.82) is 0 Å². The van der Waals surface area contributed by atoms with E-state index < -0.39 is 18.9 Å². The first-order valence-electron chi connectivity index (χ1n) is 16.3. The standard InChI is InChI=1S/C29H42N8O2/c1-5-24-27(31-21-10-18-39-19-11-21)34-29(28(30-2)33-24)32-22-6-7-25(26(20-22)38-4)37-12-8-23(9-13-37)36-16-14-35(3)15-17-36/h6-7,20-21,23H,5,8-19H2,1,3-4H3,(H2,31,32,34)/i1D3,5D2. The van der Waals surface area contributed by atoms with Gasteiger partial charge in [-0.15, -0.1) is 4.98 Å². The molecule has 1 aromatic heterocycles.